The van der Waals surface area contributed by atoms with Crippen molar-refractivity contribution in [3.05, 3.63) is 36.0 Å². The van der Waals surface area contributed by atoms with Gasteiger partial charge in [0.25, 0.3) is 0 Å². The highest BCUT2D eigenvalue weighted by atomic mass is 16.3. The van der Waals surface area contributed by atoms with E-state index in [0.29, 0.717) is 0 Å². The van der Waals surface area contributed by atoms with Gasteiger partial charge < -0.3 is 14.6 Å². The zero-order chi connectivity index (χ0) is 15.7. The highest BCUT2D eigenvalue weighted by molar-refractivity contribution is 5.81. The van der Waals surface area contributed by atoms with E-state index < -0.39 is 5.60 Å². The molecule has 0 bridgehead atoms. The number of likely N-dealkylation sites (tertiary alicyclic amines) is 1. The third-order valence-corrected chi connectivity index (χ3v) is 4.78. The van der Waals surface area contributed by atoms with Gasteiger partial charge in [0, 0.05) is 24.3 Å². The van der Waals surface area contributed by atoms with E-state index >= 15 is 0 Å². The van der Waals surface area contributed by atoms with Crippen molar-refractivity contribution in [1.82, 2.24) is 9.47 Å². The molecule has 3 nitrogen and oxygen atoms in total. The maximum absolute atomic E-state index is 9.95. The average molecular weight is 300 g/mol. The van der Waals surface area contributed by atoms with Crippen molar-refractivity contribution in [2.75, 3.05) is 19.6 Å². The maximum atomic E-state index is 9.95. The molecule has 22 heavy (non-hydrogen) atoms. The topological polar surface area (TPSA) is 28.4 Å². The van der Waals surface area contributed by atoms with Crippen molar-refractivity contribution in [1.29, 1.82) is 0 Å². The van der Waals surface area contributed by atoms with Gasteiger partial charge in [-0.25, -0.2) is 0 Å². The van der Waals surface area contributed by atoms with Gasteiger partial charge in [0.1, 0.15) is 0 Å². The molecular weight excluding hydrogens is 272 g/mol. The van der Waals surface area contributed by atoms with E-state index in [0.717, 1.165) is 32.1 Å². The van der Waals surface area contributed by atoms with Gasteiger partial charge in [0.2, 0.25) is 0 Å². The number of para-hydroxylation sites is 1. The van der Waals surface area contributed by atoms with Crippen LogP contribution in [-0.2, 0) is 6.54 Å². The van der Waals surface area contributed by atoms with Gasteiger partial charge >= 0.3 is 0 Å². The fourth-order valence-corrected chi connectivity index (χ4v) is 3.72. The summed E-state index contributed by atoms with van der Waals surface area (Å²) in [7, 11) is 0. The van der Waals surface area contributed by atoms with E-state index in [1.165, 1.54) is 29.4 Å². The summed E-state index contributed by atoms with van der Waals surface area (Å²) < 4.78 is 2.48. The molecule has 2 aromatic rings. The fraction of sp³-hybridized carbons (Fsp3) is 0.579. The Bertz CT molecular complexity index is 630. The predicted molar refractivity (Wildman–Crippen MR) is 92.1 cm³/mol. The highest BCUT2D eigenvalue weighted by Gasteiger charge is 2.24. The number of fused-ring (bicyclic) bond motifs is 1. The number of hydrogen-bond acceptors (Lipinski definition) is 2. The molecule has 3 heteroatoms. The molecule has 0 spiro atoms. The first-order valence-electron chi connectivity index (χ1n) is 8.42. The number of benzene rings is 1. The van der Waals surface area contributed by atoms with Crippen LogP contribution in [0.5, 0.6) is 0 Å². The second-order valence-corrected chi connectivity index (χ2v) is 7.49. The smallest absolute Gasteiger partial charge is 0.0718 e. The number of nitrogens with zero attached hydrogens (tertiary/aromatic N) is 2. The Morgan fingerprint density at radius 3 is 2.55 bits per heavy atom. The summed E-state index contributed by atoms with van der Waals surface area (Å²) in [4.78, 5) is 2.40. The van der Waals surface area contributed by atoms with Crippen molar-refractivity contribution in [2.45, 2.75) is 45.8 Å². The van der Waals surface area contributed by atoms with Crippen molar-refractivity contribution in [3.63, 3.8) is 0 Å². The van der Waals surface area contributed by atoms with Gasteiger partial charge in [-0.3, -0.25) is 0 Å². The number of aryl methyl sites for hydroxylation is 1. The van der Waals surface area contributed by atoms with Crippen LogP contribution in [0.15, 0.2) is 30.3 Å². The Balaban J connectivity index is 1.64. The van der Waals surface area contributed by atoms with Crippen LogP contribution in [0.1, 0.15) is 32.4 Å². The molecule has 1 aromatic carbocycles. The standard InChI is InChI=1S/C19H28N2O/c1-15-12-17-6-4-5-7-18(17)21(15)13-16-8-10-20(11-9-16)14-19(2,3)22/h4-7,12,16,22H,8-11,13-14H2,1-3H3. The minimum Gasteiger partial charge on any atom is -0.389 e. The molecule has 0 aliphatic carbocycles. The van der Waals surface area contributed by atoms with Crippen molar-refractivity contribution in [2.24, 2.45) is 5.92 Å². The third kappa shape index (κ3) is 3.53. The van der Waals surface area contributed by atoms with Crippen LogP contribution in [-0.4, -0.2) is 39.8 Å². The van der Waals surface area contributed by atoms with Crippen molar-refractivity contribution < 1.29 is 5.11 Å². The number of hydrogen-bond donors (Lipinski definition) is 1. The minimum absolute atomic E-state index is 0.583. The summed E-state index contributed by atoms with van der Waals surface area (Å²) in [5, 5.41) is 11.3. The summed E-state index contributed by atoms with van der Waals surface area (Å²) in [6.45, 7) is 10.1. The monoisotopic (exact) mass is 300 g/mol. The van der Waals surface area contributed by atoms with E-state index in [9.17, 15) is 5.11 Å². The van der Waals surface area contributed by atoms with E-state index in [2.05, 4.69) is 46.7 Å². The first-order valence-corrected chi connectivity index (χ1v) is 8.42. The summed E-state index contributed by atoms with van der Waals surface area (Å²) >= 11 is 0. The van der Waals surface area contributed by atoms with Crippen LogP contribution in [0.3, 0.4) is 0 Å². The van der Waals surface area contributed by atoms with Gasteiger partial charge in [0.15, 0.2) is 0 Å². The third-order valence-electron chi connectivity index (χ3n) is 4.78. The van der Waals surface area contributed by atoms with Gasteiger partial charge in [-0.1, -0.05) is 18.2 Å². The second kappa shape index (κ2) is 6.05. The molecule has 120 valence electrons. The molecule has 0 unspecified atom stereocenters. The lowest BCUT2D eigenvalue weighted by Crippen LogP contribution is -2.43. The van der Waals surface area contributed by atoms with Crippen LogP contribution in [0.4, 0.5) is 0 Å². The molecule has 0 amide bonds. The zero-order valence-corrected chi connectivity index (χ0v) is 14.0. The lowest BCUT2D eigenvalue weighted by Gasteiger charge is -2.35. The maximum Gasteiger partial charge on any atom is 0.0718 e. The zero-order valence-electron chi connectivity index (χ0n) is 14.0. The highest BCUT2D eigenvalue weighted by Crippen LogP contribution is 2.25. The summed E-state index contributed by atoms with van der Waals surface area (Å²) in [5.74, 6) is 0.743. The fourth-order valence-electron chi connectivity index (χ4n) is 3.72. The Morgan fingerprint density at radius 2 is 1.86 bits per heavy atom. The number of aromatic nitrogens is 1. The SMILES string of the molecule is Cc1cc2ccccc2n1CC1CCN(CC(C)(C)O)CC1. The molecule has 1 fully saturated rings. The molecule has 1 aliphatic rings. The first kappa shape index (κ1) is 15.6. The quantitative estimate of drug-likeness (QED) is 0.937. The van der Waals surface area contributed by atoms with Gasteiger partial charge in [-0.15, -0.1) is 0 Å². The number of aliphatic hydroxyl groups is 1. The lowest BCUT2D eigenvalue weighted by molar-refractivity contribution is 0.0235. The second-order valence-electron chi connectivity index (χ2n) is 7.49. The minimum atomic E-state index is -0.583. The van der Waals surface area contributed by atoms with E-state index in [1.807, 2.05) is 13.8 Å². The van der Waals surface area contributed by atoms with Crippen LogP contribution in [0.25, 0.3) is 10.9 Å². The Labute approximate surface area is 133 Å². The Hall–Kier alpha value is -1.32. The molecule has 2 heterocycles. The molecule has 0 atom stereocenters. The Kier molecular flexibility index (Phi) is 4.28. The van der Waals surface area contributed by atoms with Gasteiger partial charge in [-0.2, -0.15) is 0 Å². The molecule has 3 rings (SSSR count). The predicted octanol–water partition coefficient (Wildman–Crippen LogP) is 3.43. The van der Waals surface area contributed by atoms with Crippen LogP contribution in [0, 0.1) is 12.8 Å². The average Bonchev–Trinajstić information content (AvgIpc) is 2.76. The molecule has 1 aromatic heterocycles. The van der Waals surface area contributed by atoms with Crippen LogP contribution >= 0.6 is 0 Å². The Morgan fingerprint density at radius 1 is 1.18 bits per heavy atom. The normalized spacial score (nSPS) is 18.2. The van der Waals surface area contributed by atoms with Crippen molar-refractivity contribution in [3.8, 4) is 0 Å². The van der Waals surface area contributed by atoms with Crippen LogP contribution < -0.4 is 0 Å². The summed E-state index contributed by atoms with van der Waals surface area (Å²) in [6.07, 6.45) is 2.45. The molecule has 1 N–H and O–H groups in total. The molecule has 1 saturated heterocycles. The van der Waals surface area contributed by atoms with Crippen LogP contribution in [0.2, 0.25) is 0 Å². The molecular formula is C19H28N2O. The van der Waals surface area contributed by atoms with E-state index in [-0.39, 0.29) is 0 Å². The molecule has 0 saturated carbocycles. The molecule has 1 aliphatic heterocycles. The van der Waals surface area contributed by atoms with Gasteiger partial charge in [-0.05, 0) is 70.1 Å². The lowest BCUT2D eigenvalue weighted by atomic mass is 9.95. The number of β-amino-alcohol motifs (C(OH)–C–C–N with tert-alkyl or cyclic N) is 1. The molecule has 0 radical (unpaired) electrons. The summed E-state index contributed by atoms with van der Waals surface area (Å²) in [6, 6.07) is 11.0. The van der Waals surface area contributed by atoms with E-state index in [4.69, 9.17) is 0 Å². The van der Waals surface area contributed by atoms with E-state index in [1.54, 1.807) is 0 Å². The number of piperidine rings is 1. The first-order chi connectivity index (χ1) is 10.4. The summed E-state index contributed by atoms with van der Waals surface area (Å²) in [5.41, 5.74) is 2.14. The largest absolute Gasteiger partial charge is 0.389 e. The van der Waals surface area contributed by atoms with Crippen molar-refractivity contribution >= 4 is 10.9 Å². The van der Waals surface area contributed by atoms with Gasteiger partial charge in [0.05, 0.1) is 5.60 Å². The number of rotatable bonds is 4.